The summed E-state index contributed by atoms with van der Waals surface area (Å²) < 4.78 is 35.1. The minimum absolute atomic E-state index is 0.0581. The van der Waals surface area contributed by atoms with Crippen molar-refractivity contribution in [2.45, 2.75) is 37.3 Å². The van der Waals surface area contributed by atoms with Gasteiger partial charge < -0.3 is 25.0 Å². The first-order chi connectivity index (χ1) is 21.6. The summed E-state index contributed by atoms with van der Waals surface area (Å²) in [7, 11) is -2.17. The predicted octanol–water partition coefficient (Wildman–Crippen LogP) is 4.95. The summed E-state index contributed by atoms with van der Waals surface area (Å²) in [5.74, 6) is -0.0267. The van der Waals surface area contributed by atoms with E-state index < -0.39 is 22.2 Å². The number of urea groups is 1. The van der Waals surface area contributed by atoms with Crippen molar-refractivity contribution in [1.29, 1.82) is 0 Å². The Bertz CT molecular complexity index is 1780. The van der Waals surface area contributed by atoms with Gasteiger partial charge in [-0.05, 0) is 48.7 Å². The molecular weight excluding hydrogens is 592 g/mol. The Morgan fingerprint density at radius 3 is 2.51 bits per heavy atom. The molecule has 3 atom stereocenters. The summed E-state index contributed by atoms with van der Waals surface area (Å²) in [6.07, 6.45) is -0.588. The van der Waals surface area contributed by atoms with Crippen molar-refractivity contribution in [2.75, 3.05) is 36.8 Å². The molecule has 0 saturated heterocycles. The van der Waals surface area contributed by atoms with Gasteiger partial charge in [0.2, 0.25) is 5.91 Å². The Morgan fingerprint density at radius 1 is 1.04 bits per heavy atom. The molecule has 5 rings (SSSR count). The van der Waals surface area contributed by atoms with Gasteiger partial charge in [-0.2, -0.15) is 0 Å². The average molecular weight is 631 g/mol. The molecule has 4 aromatic carbocycles. The van der Waals surface area contributed by atoms with E-state index in [4.69, 9.17) is 4.74 Å². The molecule has 1 aliphatic heterocycles. The Morgan fingerprint density at radius 2 is 1.76 bits per heavy atom. The molecular formula is C34H38N4O6S. The summed E-state index contributed by atoms with van der Waals surface area (Å²) in [6, 6.07) is 25.6. The molecule has 1 aliphatic rings. The largest absolute Gasteiger partial charge is 0.488 e. The summed E-state index contributed by atoms with van der Waals surface area (Å²) >= 11 is 0. The molecule has 0 spiro atoms. The van der Waals surface area contributed by atoms with Crippen LogP contribution in [0.4, 0.5) is 16.2 Å². The molecule has 0 aliphatic carbocycles. The van der Waals surface area contributed by atoms with E-state index in [9.17, 15) is 23.1 Å². The summed E-state index contributed by atoms with van der Waals surface area (Å²) in [4.78, 5) is 30.2. The van der Waals surface area contributed by atoms with E-state index >= 15 is 0 Å². The van der Waals surface area contributed by atoms with Crippen molar-refractivity contribution < 1.29 is 27.9 Å². The van der Waals surface area contributed by atoms with Gasteiger partial charge in [0.05, 0.1) is 36.2 Å². The number of hydrogen-bond acceptors (Lipinski definition) is 6. The third-order valence-corrected chi connectivity index (χ3v) is 9.45. The van der Waals surface area contributed by atoms with Gasteiger partial charge in [-0.25, -0.2) is 13.2 Å². The van der Waals surface area contributed by atoms with Crippen LogP contribution in [0.15, 0.2) is 95.9 Å². The van der Waals surface area contributed by atoms with E-state index in [0.717, 1.165) is 10.8 Å². The first kappa shape index (κ1) is 31.8. The van der Waals surface area contributed by atoms with Crippen LogP contribution in [-0.2, 0) is 21.2 Å². The number of ether oxygens (including phenoxy) is 1. The maximum absolute atomic E-state index is 13.5. The Balaban J connectivity index is 1.41. The minimum Gasteiger partial charge on any atom is -0.488 e. The zero-order chi connectivity index (χ0) is 32.1. The molecule has 0 fully saturated rings. The van der Waals surface area contributed by atoms with E-state index in [-0.39, 0.29) is 48.0 Å². The lowest BCUT2D eigenvalue weighted by Crippen LogP contribution is -2.48. The van der Waals surface area contributed by atoms with Crippen molar-refractivity contribution in [3.63, 3.8) is 0 Å². The second-order valence-electron chi connectivity index (χ2n) is 11.5. The lowest BCUT2D eigenvalue weighted by molar-refractivity contribution is -0.134. The Kier molecular flexibility index (Phi) is 9.60. The molecule has 0 bridgehead atoms. The van der Waals surface area contributed by atoms with E-state index in [0.29, 0.717) is 23.5 Å². The fraction of sp³-hybridized carbons (Fsp3) is 0.294. The number of sulfonamides is 1. The van der Waals surface area contributed by atoms with Crippen LogP contribution in [0.25, 0.3) is 10.8 Å². The molecule has 11 heteroatoms. The Hall–Kier alpha value is -4.61. The van der Waals surface area contributed by atoms with Gasteiger partial charge in [-0.1, -0.05) is 61.5 Å². The molecule has 3 N–H and O–H groups in total. The number of nitrogens with zero attached hydrogens (tertiary/aromatic N) is 2. The van der Waals surface area contributed by atoms with Crippen LogP contribution in [0.2, 0.25) is 0 Å². The number of benzene rings is 4. The highest BCUT2D eigenvalue weighted by Gasteiger charge is 2.32. The van der Waals surface area contributed by atoms with Gasteiger partial charge in [-0.15, -0.1) is 0 Å². The zero-order valence-electron chi connectivity index (χ0n) is 25.5. The van der Waals surface area contributed by atoms with Crippen LogP contribution in [-0.4, -0.2) is 74.2 Å². The van der Waals surface area contributed by atoms with E-state index in [1.54, 1.807) is 60.2 Å². The number of aliphatic hydroxyl groups is 1. The second-order valence-corrected chi connectivity index (χ2v) is 13.1. The fourth-order valence-electron chi connectivity index (χ4n) is 5.42. The molecule has 3 amide bonds. The number of anilines is 2. The molecule has 1 heterocycles. The van der Waals surface area contributed by atoms with Crippen LogP contribution in [0.5, 0.6) is 5.75 Å². The highest BCUT2D eigenvalue weighted by Crippen LogP contribution is 2.30. The lowest BCUT2D eigenvalue weighted by Gasteiger charge is -2.34. The first-order valence-electron chi connectivity index (χ1n) is 14.8. The summed E-state index contributed by atoms with van der Waals surface area (Å²) in [5, 5.41) is 14.9. The topological polar surface area (TPSA) is 128 Å². The van der Waals surface area contributed by atoms with Gasteiger partial charge in [0, 0.05) is 36.1 Å². The van der Waals surface area contributed by atoms with Gasteiger partial charge >= 0.3 is 6.03 Å². The van der Waals surface area contributed by atoms with Crippen molar-refractivity contribution >= 4 is 44.1 Å². The van der Waals surface area contributed by atoms with E-state index in [2.05, 4.69) is 10.0 Å². The van der Waals surface area contributed by atoms with Crippen molar-refractivity contribution in [1.82, 2.24) is 9.80 Å². The quantitative estimate of drug-likeness (QED) is 0.253. The van der Waals surface area contributed by atoms with Crippen LogP contribution in [0, 0.1) is 5.92 Å². The zero-order valence-corrected chi connectivity index (χ0v) is 26.3. The van der Waals surface area contributed by atoms with E-state index in [1.807, 2.05) is 49.4 Å². The van der Waals surface area contributed by atoms with Crippen LogP contribution in [0.1, 0.15) is 19.4 Å². The molecule has 45 heavy (non-hydrogen) atoms. The molecule has 0 unspecified atom stereocenters. The van der Waals surface area contributed by atoms with Crippen molar-refractivity contribution in [2.24, 2.45) is 5.92 Å². The molecule has 0 saturated carbocycles. The number of amides is 3. The van der Waals surface area contributed by atoms with Crippen molar-refractivity contribution in [3.8, 4) is 5.75 Å². The number of nitrogens with one attached hydrogen (secondary N) is 2. The lowest BCUT2D eigenvalue weighted by atomic mass is 10.0. The Labute approximate surface area is 263 Å². The molecule has 236 valence electrons. The second kappa shape index (κ2) is 13.6. The predicted molar refractivity (Wildman–Crippen MR) is 175 cm³/mol. The first-order valence-corrected chi connectivity index (χ1v) is 16.3. The SMILES string of the molecule is C[C@H]1CN([C@@H](C)CO)C(=O)Cc2cc(NS(=O)(=O)c3ccccc3)ccc2O[C@H]1CN(C)C(=O)Nc1cccc2ccccc12. The highest BCUT2D eigenvalue weighted by molar-refractivity contribution is 7.92. The minimum atomic E-state index is -3.86. The summed E-state index contributed by atoms with van der Waals surface area (Å²) in [5.41, 5.74) is 1.47. The van der Waals surface area contributed by atoms with Crippen LogP contribution >= 0.6 is 0 Å². The summed E-state index contributed by atoms with van der Waals surface area (Å²) in [6.45, 7) is 3.99. The molecule has 10 nitrogen and oxygen atoms in total. The van der Waals surface area contributed by atoms with Crippen molar-refractivity contribution in [3.05, 3.63) is 96.6 Å². The number of aliphatic hydroxyl groups excluding tert-OH is 1. The number of likely N-dealkylation sites (N-methyl/N-ethyl adjacent to an activating group) is 1. The molecule has 0 radical (unpaired) electrons. The maximum atomic E-state index is 13.5. The highest BCUT2D eigenvalue weighted by atomic mass is 32.2. The maximum Gasteiger partial charge on any atom is 0.321 e. The number of carbonyl (C=O) groups excluding carboxylic acids is 2. The fourth-order valence-corrected chi connectivity index (χ4v) is 6.49. The van der Waals surface area contributed by atoms with Gasteiger partial charge in [0.25, 0.3) is 10.0 Å². The molecule has 4 aromatic rings. The third-order valence-electron chi connectivity index (χ3n) is 8.05. The van der Waals surface area contributed by atoms with E-state index in [1.165, 1.54) is 12.1 Å². The smallest absolute Gasteiger partial charge is 0.321 e. The normalized spacial score (nSPS) is 17.7. The van der Waals surface area contributed by atoms with Crippen LogP contribution < -0.4 is 14.8 Å². The number of carbonyl (C=O) groups is 2. The number of rotatable bonds is 8. The van der Waals surface area contributed by atoms with Gasteiger partial charge in [0.15, 0.2) is 0 Å². The third kappa shape index (κ3) is 7.38. The van der Waals surface area contributed by atoms with Gasteiger partial charge in [-0.3, -0.25) is 9.52 Å². The van der Waals surface area contributed by atoms with Gasteiger partial charge in [0.1, 0.15) is 11.9 Å². The monoisotopic (exact) mass is 630 g/mol. The van der Waals surface area contributed by atoms with Crippen LogP contribution in [0.3, 0.4) is 0 Å². The number of hydrogen-bond donors (Lipinski definition) is 3. The average Bonchev–Trinajstić information content (AvgIpc) is 3.08. The standard InChI is InChI=1S/C34H38N4O6S/c1-23-20-38(24(2)22-39)33(40)19-26-18-27(36-45(42,43)28-12-5-4-6-13-28)16-17-31(26)44-32(23)21-37(3)34(41)35-30-15-9-11-25-10-7-8-14-29(25)30/h4-18,23-24,32,36,39H,19-22H2,1-3H3,(H,35,41)/t23-,24-,32-/m0/s1. The molecule has 0 aromatic heterocycles. The number of fused-ring (bicyclic) bond motifs is 2.